The lowest BCUT2D eigenvalue weighted by atomic mass is 9.93. The summed E-state index contributed by atoms with van der Waals surface area (Å²) in [5.41, 5.74) is 8.91. The Bertz CT molecular complexity index is 427. The summed E-state index contributed by atoms with van der Waals surface area (Å²) in [6, 6.07) is 7.58. The molecule has 112 valence electrons. The molecule has 1 unspecified atom stereocenters. The highest BCUT2D eigenvalue weighted by atomic mass is 79.9. The van der Waals surface area contributed by atoms with E-state index in [9.17, 15) is 0 Å². The van der Waals surface area contributed by atoms with Crippen LogP contribution in [0.2, 0.25) is 0 Å². The zero-order valence-corrected chi connectivity index (χ0v) is 14.3. The van der Waals surface area contributed by atoms with Crippen molar-refractivity contribution in [3.8, 4) is 0 Å². The third-order valence-corrected chi connectivity index (χ3v) is 5.04. The summed E-state index contributed by atoms with van der Waals surface area (Å²) in [5, 5.41) is 0. The van der Waals surface area contributed by atoms with Crippen LogP contribution in [0, 0.1) is 0 Å². The van der Waals surface area contributed by atoms with Gasteiger partial charge in [-0.1, -0.05) is 42.1 Å². The molecular weight excluding hydrogens is 312 g/mol. The number of rotatable bonds is 5. The van der Waals surface area contributed by atoms with Crippen LogP contribution in [-0.2, 0) is 6.42 Å². The van der Waals surface area contributed by atoms with Crippen LogP contribution >= 0.6 is 15.9 Å². The molecule has 0 saturated heterocycles. The average Bonchev–Trinajstić information content (AvgIpc) is 2.47. The molecule has 20 heavy (non-hydrogen) atoms. The predicted octanol–water partition coefficient (Wildman–Crippen LogP) is 4.50. The highest BCUT2D eigenvalue weighted by Gasteiger charge is 2.20. The molecule has 0 heterocycles. The first-order chi connectivity index (χ1) is 9.61. The van der Waals surface area contributed by atoms with Crippen molar-refractivity contribution in [2.75, 3.05) is 11.9 Å². The highest BCUT2D eigenvalue weighted by Crippen LogP contribution is 2.30. The lowest BCUT2D eigenvalue weighted by Crippen LogP contribution is -2.34. The SMILES string of the molecule is CCC(N)Cc1cc(Br)ccc1N(C)C1CCCCC1. The molecule has 1 aliphatic carbocycles. The van der Waals surface area contributed by atoms with Crippen molar-refractivity contribution in [2.24, 2.45) is 5.73 Å². The second kappa shape index (κ2) is 7.46. The molecule has 2 N–H and O–H groups in total. The summed E-state index contributed by atoms with van der Waals surface area (Å²) < 4.78 is 1.15. The lowest BCUT2D eigenvalue weighted by molar-refractivity contribution is 0.427. The molecule has 2 rings (SSSR count). The van der Waals surface area contributed by atoms with E-state index < -0.39 is 0 Å². The van der Waals surface area contributed by atoms with Crippen LogP contribution < -0.4 is 10.6 Å². The second-order valence-electron chi connectivity index (χ2n) is 6.05. The van der Waals surface area contributed by atoms with Crippen molar-refractivity contribution in [1.29, 1.82) is 0 Å². The Labute approximate surface area is 131 Å². The molecular formula is C17H27BrN2. The molecule has 3 heteroatoms. The fourth-order valence-corrected chi connectivity index (χ4v) is 3.56. The third-order valence-electron chi connectivity index (χ3n) is 4.55. The van der Waals surface area contributed by atoms with Gasteiger partial charge in [-0.3, -0.25) is 0 Å². The van der Waals surface area contributed by atoms with Crippen LogP contribution in [0.25, 0.3) is 0 Å². The Morgan fingerprint density at radius 2 is 2.00 bits per heavy atom. The van der Waals surface area contributed by atoms with Crippen LogP contribution in [0.1, 0.15) is 51.0 Å². The van der Waals surface area contributed by atoms with Gasteiger partial charge >= 0.3 is 0 Å². The summed E-state index contributed by atoms with van der Waals surface area (Å²) in [6.45, 7) is 2.16. The average molecular weight is 339 g/mol. The van der Waals surface area contributed by atoms with Crippen LogP contribution in [-0.4, -0.2) is 19.1 Å². The molecule has 0 aromatic heterocycles. The summed E-state index contributed by atoms with van der Waals surface area (Å²) in [4.78, 5) is 2.49. The van der Waals surface area contributed by atoms with Crippen LogP contribution in [0.4, 0.5) is 5.69 Å². The Balaban J connectivity index is 2.20. The van der Waals surface area contributed by atoms with Gasteiger partial charge in [-0.15, -0.1) is 0 Å². The van der Waals surface area contributed by atoms with E-state index in [1.165, 1.54) is 43.4 Å². The van der Waals surface area contributed by atoms with E-state index in [4.69, 9.17) is 5.73 Å². The molecule has 1 saturated carbocycles. The van der Waals surface area contributed by atoms with Crippen molar-refractivity contribution >= 4 is 21.6 Å². The molecule has 1 aromatic rings. The topological polar surface area (TPSA) is 29.3 Å². The first kappa shape index (κ1) is 15.8. The van der Waals surface area contributed by atoms with Crippen LogP contribution in [0.3, 0.4) is 0 Å². The summed E-state index contributed by atoms with van der Waals surface area (Å²) in [6.07, 6.45) is 8.78. The van der Waals surface area contributed by atoms with Gasteiger partial charge in [-0.25, -0.2) is 0 Å². The number of benzene rings is 1. The molecule has 0 aliphatic heterocycles. The predicted molar refractivity (Wildman–Crippen MR) is 91.4 cm³/mol. The van der Waals surface area contributed by atoms with Crippen LogP contribution in [0.15, 0.2) is 22.7 Å². The number of anilines is 1. The van der Waals surface area contributed by atoms with E-state index in [1.807, 2.05) is 0 Å². The first-order valence-electron chi connectivity index (χ1n) is 7.88. The van der Waals surface area contributed by atoms with E-state index in [1.54, 1.807) is 0 Å². The van der Waals surface area contributed by atoms with Gasteiger partial charge in [0.15, 0.2) is 0 Å². The normalized spacial score (nSPS) is 18.0. The lowest BCUT2D eigenvalue weighted by Gasteiger charge is -2.34. The maximum atomic E-state index is 6.17. The minimum absolute atomic E-state index is 0.253. The number of hydrogen-bond acceptors (Lipinski definition) is 2. The molecule has 1 atom stereocenters. The van der Waals surface area contributed by atoms with Crippen molar-refractivity contribution in [3.05, 3.63) is 28.2 Å². The van der Waals surface area contributed by atoms with Gasteiger partial charge in [0.05, 0.1) is 0 Å². The zero-order valence-electron chi connectivity index (χ0n) is 12.7. The van der Waals surface area contributed by atoms with Crippen molar-refractivity contribution in [3.63, 3.8) is 0 Å². The molecule has 0 spiro atoms. The second-order valence-corrected chi connectivity index (χ2v) is 6.96. The number of nitrogens with zero attached hydrogens (tertiary/aromatic N) is 1. The fourth-order valence-electron chi connectivity index (χ4n) is 3.15. The van der Waals surface area contributed by atoms with Gasteiger partial charge in [-0.05, 0) is 49.4 Å². The minimum atomic E-state index is 0.253. The minimum Gasteiger partial charge on any atom is -0.371 e. The quantitative estimate of drug-likeness (QED) is 0.856. The van der Waals surface area contributed by atoms with Gasteiger partial charge in [0.25, 0.3) is 0 Å². The molecule has 0 amide bonds. The Hall–Kier alpha value is -0.540. The van der Waals surface area contributed by atoms with E-state index in [0.29, 0.717) is 6.04 Å². The Morgan fingerprint density at radius 1 is 1.30 bits per heavy atom. The third kappa shape index (κ3) is 3.98. The maximum absolute atomic E-state index is 6.17. The number of nitrogens with two attached hydrogens (primary N) is 1. The van der Waals surface area contributed by atoms with Gasteiger partial charge in [-0.2, -0.15) is 0 Å². The monoisotopic (exact) mass is 338 g/mol. The molecule has 1 aromatic carbocycles. The largest absolute Gasteiger partial charge is 0.371 e. The van der Waals surface area contributed by atoms with Gasteiger partial charge in [0, 0.05) is 29.3 Å². The van der Waals surface area contributed by atoms with Gasteiger partial charge in [0.2, 0.25) is 0 Å². The van der Waals surface area contributed by atoms with Gasteiger partial charge < -0.3 is 10.6 Å². The maximum Gasteiger partial charge on any atom is 0.0400 e. The summed E-state index contributed by atoms with van der Waals surface area (Å²) >= 11 is 3.59. The van der Waals surface area contributed by atoms with Crippen molar-refractivity contribution in [2.45, 2.75) is 64.0 Å². The van der Waals surface area contributed by atoms with Crippen LogP contribution in [0.5, 0.6) is 0 Å². The smallest absolute Gasteiger partial charge is 0.0400 e. The van der Waals surface area contributed by atoms with Crippen molar-refractivity contribution < 1.29 is 0 Å². The molecule has 2 nitrogen and oxygen atoms in total. The fraction of sp³-hybridized carbons (Fsp3) is 0.647. The number of halogens is 1. The van der Waals surface area contributed by atoms with Gasteiger partial charge in [0.1, 0.15) is 0 Å². The standard InChI is InChI=1S/C17H27BrN2/c1-3-15(19)12-13-11-14(18)9-10-17(13)20(2)16-7-5-4-6-8-16/h9-11,15-16H,3-8,12,19H2,1-2H3. The first-order valence-corrected chi connectivity index (χ1v) is 8.68. The Kier molecular flexibility index (Phi) is 5.91. The zero-order chi connectivity index (χ0) is 14.5. The summed E-state index contributed by atoms with van der Waals surface area (Å²) in [7, 11) is 2.25. The molecule has 0 bridgehead atoms. The van der Waals surface area contributed by atoms with E-state index >= 15 is 0 Å². The van der Waals surface area contributed by atoms with Crippen molar-refractivity contribution in [1.82, 2.24) is 0 Å². The van der Waals surface area contributed by atoms with E-state index in [0.717, 1.165) is 17.3 Å². The highest BCUT2D eigenvalue weighted by molar-refractivity contribution is 9.10. The van der Waals surface area contributed by atoms with E-state index in [-0.39, 0.29) is 6.04 Å². The molecule has 1 aliphatic rings. The molecule has 0 radical (unpaired) electrons. The number of hydrogen-bond donors (Lipinski definition) is 1. The summed E-state index contributed by atoms with van der Waals surface area (Å²) in [5.74, 6) is 0. The Morgan fingerprint density at radius 3 is 2.65 bits per heavy atom. The molecule has 1 fully saturated rings. The van der Waals surface area contributed by atoms with E-state index in [2.05, 4.69) is 53.0 Å².